The fraction of sp³-hybridized carbons (Fsp3) is 0.800. The Kier molecular flexibility index (Phi) is 5.50. The number of allylic oxidation sites excluding steroid dienone is 2. The van der Waals surface area contributed by atoms with Crippen molar-refractivity contribution in [3.8, 4) is 0 Å². The predicted octanol–water partition coefficient (Wildman–Crippen LogP) is 3.58. The first-order valence-corrected chi connectivity index (χ1v) is 7.78. The van der Waals surface area contributed by atoms with Gasteiger partial charge in [-0.3, -0.25) is 0 Å². The normalized spacial score (nSPS) is 15.4. The summed E-state index contributed by atoms with van der Waals surface area (Å²) < 4.78 is 5.79. The fourth-order valence-corrected chi connectivity index (χ4v) is 2.87. The van der Waals surface area contributed by atoms with Crippen molar-refractivity contribution in [3.63, 3.8) is 0 Å². The first-order chi connectivity index (χ1) is 5.54. The average molecular weight is 186 g/mol. The maximum Gasteiger partial charge on any atom is 0.189 e. The van der Waals surface area contributed by atoms with Crippen LogP contribution in [0.2, 0.25) is 18.6 Å². The highest BCUT2D eigenvalue weighted by Gasteiger charge is 2.28. The first-order valence-electron chi connectivity index (χ1n) is 4.79. The van der Waals surface area contributed by atoms with Gasteiger partial charge in [-0.2, -0.15) is 0 Å². The second-order valence-corrected chi connectivity index (χ2v) is 8.22. The van der Waals surface area contributed by atoms with Gasteiger partial charge in [0.15, 0.2) is 8.32 Å². The summed E-state index contributed by atoms with van der Waals surface area (Å²) in [7, 11) is -1.40. The molecule has 0 spiro atoms. The molecule has 0 aromatic rings. The maximum atomic E-state index is 5.79. The molecule has 0 aliphatic carbocycles. The minimum Gasteiger partial charge on any atom is -0.417 e. The Bertz CT molecular complexity index is 141. The number of rotatable bonds is 5. The quantitative estimate of drug-likeness (QED) is 0.471. The molecule has 0 aromatic carbocycles. The van der Waals surface area contributed by atoms with E-state index in [0.717, 1.165) is 13.0 Å². The van der Waals surface area contributed by atoms with E-state index in [9.17, 15) is 0 Å². The minimum atomic E-state index is -1.40. The van der Waals surface area contributed by atoms with Crippen LogP contribution in [0.25, 0.3) is 0 Å². The van der Waals surface area contributed by atoms with Gasteiger partial charge in [-0.05, 0) is 38.9 Å². The van der Waals surface area contributed by atoms with E-state index in [0.29, 0.717) is 5.54 Å². The molecule has 0 amide bonds. The maximum absolute atomic E-state index is 5.79. The second kappa shape index (κ2) is 5.54. The van der Waals surface area contributed by atoms with Crippen LogP contribution in [0.1, 0.15) is 27.2 Å². The lowest BCUT2D eigenvalue weighted by Crippen LogP contribution is -2.35. The highest BCUT2D eigenvalue weighted by molar-refractivity contribution is 6.72. The highest BCUT2D eigenvalue weighted by Crippen LogP contribution is 2.25. The van der Waals surface area contributed by atoms with E-state index in [2.05, 4.69) is 46.0 Å². The lowest BCUT2D eigenvalue weighted by molar-refractivity contribution is 0.321. The molecule has 0 fully saturated rings. The summed E-state index contributed by atoms with van der Waals surface area (Å²) in [6.07, 6.45) is 5.51. The summed E-state index contributed by atoms with van der Waals surface area (Å²) in [6.45, 7) is 11.9. The molecule has 72 valence electrons. The van der Waals surface area contributed by atoms with Crippen LogP contribution >= 0.6 is 0 Å². The third-order valence-electron chi connectivity index (χ3n) is 2.43. The summed E-state index contributed by atoms with van der Waals surface area (Å²) in [5, 5.41) is 0. The zero-order valence-electron chi connectivity index (χ0n) is 9.05. The Labute approximate surface area is 78.0 Å². The Morgan fingerprint density at radius 1 is 1.42 bits per heavy atom. The zero-order valence-corrected chi connectivity index (χ0v) is 10.1. The van der Waals surface area contributed by atoms with Crippen molar-refractivity contribution in [3.05, 3.63) is 12.2 Å². The topological polar surface area (TPSA) is 9.23 Å². The lowest BCUT2D eigenvalue weighted by atomic mass is 10.3. The molecule has 0 bridgehead atoms. The summed E-state index contributed by atoms with van der Waals surface area (Å²) >= 11 is 0. The van der Waals surface area contributed by atoms with Gasteiger partial charge in [-0.25, -0.2) is 0 Å². The molecule has 0 saturated heterocycles. The third kappa shape index (κ3) is 4.07. The van der Waals surface area contributed by atoms with E-state index in [-0.39, 0.29) is 0 Å². The first kappa shape index (κ1) is 11.9. The van der Waals surface area contributed by atoms with Gasteiger partial charge in [-0.1, -0.05) is 19.1 Å². The number of hydrogen-bond acceptors (Lipinski definition) is 1. The van der Waals surface area contributed by atoms with E-state index >= 15 is 0 Å². The van der Waals surface area contributed by atoms with Gasteiger partial charge < -0.3 is 4.43 Å². The molecule has 2 heteroatoms. The van der Waals surface area contributed by atoms with Crippen molar-refractivity contribution in [1.82, 2.24) is 0 Å². The van der Waals surface area contributed by atoms with Crippen molar-refractivity contribution >= 4 is 8.32 Å². The smallest absolute Gasteiger partial charge is 0.189 e. The molecular formula is C10H22OSi. The van der Waals surface area contributed by atoms with Gasteiger partial charge in [0.1, 0.15) is 0 Å². The van der Waals surface area contributed by atoms with Crippen LogP contribution in [-0.2, 0) is 4.43 Å². The van der Waals surface area contributed by atoms with Crippen LogP contribution in [-0.4, -0.2) is 14.9 Å². The molecule has 0 aliphatic rings. The van der Waals surface area contributed by atoms with Crippen molar-refractivity contribution < 1.29 is 4.43 Å². The zero-order chi connectivity index (χ0) is 9.61. The minimum absolute atomic E-state index is 0.716. The molecule has 0 heterocycles. The molecule has 0 N–H and O–H groups in total. The van der Waals surface area contributed by atoms with Gasteiger partial charge in [0.2, 0.25) is 0 Å². The van der Waals surface area contributed by atoms with E-state index < -0.39 is 8.32 Å². The van der Waals surface area contributed by atoms with Crippen LogP contribution in [0.3, 0.4) is 0 Å². The molecule has 0 saturated carbocycles. The third-order valence-corrected chi connectivity index (χ3v) is 6.07. The molecule has 0 radical (unpaired) electrons. The molecular weight excluding hydrogens is 164 g/mol. The molecule has 0 aliphatic heterocycles. The summed E-state index contributed by atoms with van der Waals surface area (Å²) in [6, 6.07) is 0. The average Bonchev–Trinajstić information content (AvgIpc) is 2.00. The van der Waals surface area contributed by atoms with Crippen molar-refractivity contribution in [1.29, 1.82) is 0 Å². The standard InChI is InChI=1S/C10H22OSi/c1-6-8-9-10(3)12(4,5)11-7-2/h6,8,10H,7,9H2,1-5H3/b8-6+. The van der Waals surface area contributed by atoms with Gasteiger partial charge in [0.05, 0.1) is 0 Å². The molecule has 12 heavy (non-hydrogen) atoms. The molecule has 1 unspecified atom stereocenters. The van der Waals surface area contributed by atoms with Crippen molar-refractivity contribution in [2.45, 2.75) is 45.8 Å². The molecule has 0 rings (SSSR count). The summed E-state index contributed by atoms with van der Waals surface area (Å²) in [5.74, 6) is 0. The Morgan fingerprint density at radius 2 is 2.00 bits per heavy atom. The van der Waals surface area contributed by atoms with E-state index in [1.54, 1.807) is 0 Å². The Balaban J connectivity index is 3.95. The number of hydrogen-bond donors (Lipinski definition) is 0. The lowest BCUT2D eigenvalue weighted by Gasteiger charge is -2.28. The van der Waals surface area contributed by atoms with E-state index in [1.165, 1.54) is 0 Å². The molecule has 0 aromatic heterocycles. The van der Waals surface area contributed by atoms with Gasteiger partial charge in [0, 0.05) is 6.61 Å². The van der Waals surface area contributed by atoms with Crippen LogP contribution in [0.5, 0.6) is 0 Å². The van der Waals surface area contributed by atoms with Crippen LogP contribution < -0.4 is 0 Å². The predicted molar refractivity (Wildman–Crippen MR) is 58.0 cm³/mol. The van der Waals surface area contributed by atoms with Crippen molar-refractivity contribution in [2.75, 3.05) is 6.61 Å². The Morgan fingerprint density at radius 3 is 2.42 bits per heavy atom. The largest absolute Gasteiger partial charge is 0.417 e. The fourth-order valence-electron chi connectivity index (χ4n) is 1.14. The molecule has 1 atom stereocenters. The van der Waals surface area contributed by atoms with E-state index in [1.807, 2.05) is 0 Å². The van der Waals surface area contributed by atoms with E-state index in [4.69, 9.17) is 4.43 Å². The highest BCUT2D eigenvalue weighted by atomic mass is 28.4. The van der Waals surface area contributed by atoms with Crippen LogP contribution in [0, 0.1) is 0 Å². The SMILES string of the molecule is C/C=C/CC(C)[Si](C)(C)OCC. The van der Waals surface area contributed by atoms with Gasteiger partial charge in [0.25, 0.3) is 0 Å². The van der Waals surface area contributed by atoms with Crippen LogP contribution in [0.15, 0.2) is 12.2 Å². The van der Waals surface area contributed by atoms with Gasteiger partial charge in [-0.15, -0.1) is 0 Å². The van der Waals surface area contributed by atoms with Crippen LogP contribution in [0.4, 0.5) is 0 Å². The molecule has 1 nitrogen and oxygen atoms in total. The second-order valence-electron chi connectivity index (χ2n) is 3.74. The summed E-state index contributed by atoms with van der Waals surface area (Å²) in [4.78, 5) is 0. The Hall–Kier alpha value is -0.0831. The van der Waals surface area contributed by atoms with Crippen molar-refractivity contribution in [2.24, 2.45) is 0 Å². The summed E-state index contributed by atoms with van der Waals surface area (Å²) in [5.41, 5.74) is 0.716. The van der Waals surface area contributed by atoms with Gasteiger partial charge >= 0.3 is 0 Å². The monoisotopic (exact) mass is 186 g/mol.